The number of β-amino-alcohol motifs (C(OH)–C–C–N with tert-alkyl or cyclic N) is 1. The largest absolute Gasteiger partial charge is 0.395 e. The van der Waals surface area contributed by atoms with Gasteiger partial charge in [0.1, 0.15) is 0 Å². The highest BCUT2D eigenvalue weighted by atomic mass is 16.3. The molecule has 1 atom stereocenters. The molecule has 0 aromatic carbocycles. The van der Waals surface area contributed by atoms with E-state index in [0.717, 1.165) is 38.8 Å². The molecule has 2 N–H and O–H groups in total. The van der Waals surface area contributed by atoms with E-state index in [9.17, 15) is 0 Å². The zero-order valence-corrected chi connectivity index (χ0v) is 9.49. The maximum atomic E-state index is 8.85. The van der Waals surface area contributed by atoms with Gasteiger partial charge in [-0.25, -0.2) is 0 Å². The number of aliphatic hydroxyl groups is 1. The van der Waals surface area contributed by atoms with E-state index >= 15 is 0 Å². The predicted octanol–water partition coefficient (Wildman–Crippen LogP) is -0.652. The molecular formula is C11H23N3O. The Labute approximate surface area is 92.2 Å². The first kappa shape index (κ1) is 11.3. The van der Waals surface area contributed by atoms with Crippen LogP contribution in [0, 0.1) is 0 Å². The number of nitrogens with one attached hydrogen (secondary N) is 1. The van der Waals surface area contributed by atoms with E-state index in [0.29, 0.717) is 6.61 Å². The van der Waals surface area contributed by atoms with Crippen molar-refractivity contribution in [2.24, 2.45) is 0 Å². The third-order valence-corrected chi connectivity index (χ3v) is 3.52. The Balaban J connectivity index is 1.64. The van der Waals surface area contributed by atoms with E-state index in [4.69, 9.17) is 5.11 Å². The third kappa shape index (κ3) is 3.41. The van der Waals surface area contributed by atoms with Crippen molar-refractivity contribution in [1.29, 1.82) is 0 Å². The van der Waals surface area contributed by atoms with Gasteiger partial charge in [-0.2, -0.15) is 0 Å². The summed E-state index contributed by atoms with van der Waals surface area (Å²) in [7, 11) is 0. The summed E-state index contributed by atoms with van der Waals surface area (Å²) in [5.74, 6) is 0. The molecule has 0 aliphatic carbocycles. The fourth-order valence-corrected chi connectivity index (χ4v) is 2.56. The summed E-state index contributed by atoms with van der Waals surface area (Å²) in [6.07, 6.45) is 2.69. The fourth-order valence-electron chi connectivity index (χ4n) is 2.56. The Hall–Kier alpha value is -0.160. The molecule has 2 saturated heterocycles. The van der Waals surface area contributed by atoms with Crippen LogP contribution < -0.4 is 5.32 Å². The van der Waals surface area contributed by atoms with Gasteiger partial charge in [0.2, 0.25) is 0 Å². The fraction of sp³-hybridized carbons (Fsp3) is 1.00. The summed E-state index contributed by atoms with van der Waals surface area (Å²) in [6, 6.07) is 0.731. The van der Waals surface area contributed by atoms with Crippen molar-refractivity contribution >= 4 is 0 Å². The van der Waals surface area contributed by atoms with Gasteiger partial charge >= 0.3 is 0 Å². The second-order valence-electron chi connectivity index (χ2n) is 4.66. The molecule has 2 aliphatic heterocycles. The molecule has 4 heteroatoms. The van der Waals surface area contributed by atoms with Crippen molar-refractivity contribution in [3.05, 3.63) is 0 Å². The summed E-state index contributed by atoms with van der Waals surface area (Å²) in [6.45, 7) is 8.12. The highest BCUT2D eigenvalue weighted by molar-refractivity contribution is 4.80. The van der Waals surface area contributed by atoms with Gasteiger partial charge in [-0.15, -0.1) is 0 Å². The molecule has 15 heavy (non-hydrogen) atoms. The second-order valence-corrected chi connectivity index (χ2v) is 4.66. The van der Waals surface area contributed by atoms with Gasteiger partial charge in [0.25, 0.3) is 0 Å². The van der Waals surface area contributed by atoms with Gasteiger partial charge in [-0.3, -0.25) is 9.80 Å². The van der Waals surface area contributed by atoms with Gasteiger partial charge in [-0.05, 0) is 19.4 Å². The topological polar surface area (TPSA) is 38.7 Å². The van der Waals surface area contributed by atoms with Crippen molar-refractivity contribution < 1.29 is 5.11 Å². The van der Waals surface area contributed by atoms with Crippen molar-refractivity contribution in [1.82, 2.24) is 15.1 Å². The molecule has 1 unspecified atom stereocenters. The molecule has 2 aliphatic rings. The number of aliphatic hydroxyl groups excluding tert-OH is 1. The zero-order valence-electron chi connectivity index (χ0n) is 9.49. The number of hydrogen-bond acceptors (Lipinski definition) is 4. The molecule has 88 valence electrons. The average Bonchev–Trinajstić information content (AvgIpc) is 2.74. The number of hydrogen-bond donors (Lipinski definition) is 2. The first-order valence-corrected chi connectivity index (χ1v) is 6.17. The van der Waals surface area contributed by atoms with Crippen LogP contribution in [0.4, 0.5) is 0 Å². The van der Waals surface area contributed by atoms with Crippen LogP contribution in [0.2, 0.25) is 0 Å². The molecule has 0 aromatic rings. The quantitative estimate of drug-likeness (QED) is 0.651. The first-order valence-electron chi connectivity index (χ1n) is 6.17. The van der Waals surface area contributed by atoms with E-state index in [2.05, 4.69) is 15.1 Å². The Kier molecular flexibility index (Phi) is 4.38. The zero-order chi connectivity index (χ0) is 10.5. The van der Waals surface area contributed by atoms with Gasteiger partial charge in [0.05, 0.1) is 6.61 Å². The second kappa shape index (κ2) is 5.80. The van der Waals surface area contributed by atoms with Crippen LogP contribution in [-0.4, -0.2) is 73.4 Å². The first-order chi connectivity index (χ1) is 7.38. The maximum absolute atomic E-state index is 8.85. The smallest absolute Gasteiger partial charge is 0.0558 e. The van der Waals surface area contributed by atoms with Gasteiger partial charge < -0.3 is 10.4 Å². The SMILES string of the molecule is OCCN1CCN(CC2CCCN2)CC1. The minimum absolute atomic E-state index is 0.296. The van der Waals surface area contributed by atoms with Crippen LogP contribution in [-0.2, 0) is 0 Å². The molecule has 4 nitrogen and oxygen atoms in total. The number of rotatable bonds is 4. The van der Waals surface area contributed by atoms with E-state index in [-0.39, 0.29) is 0 Å². The van der Waals surface area contributed by atoms with Crippen molar-refractivity contribution in [2.45, 2.75) is 18.9 Å². The molecule has 0 spiro atoms. The summed E-state index contributed by atoms with van der Waals surface area (Å²) >= 11 is 0. The highest BCUT2D eigenvalue weighted by Gasteiger charge is 2.21. The van der Waals surface area contributed by atoms with E-state index < -0.39 is 0 Å². The lowest BCUT2D eigenvalue weighted by molar-refractivity contribution is 0.107. The molecule has 2 heterocycles. The lowest BCUT2D eigenvalue weighted by Gasteiger charge is -2.35. The van der Waals surface area contributed by atoms with E-state index in [1.807, 2.05) is 0 Å². The molecule has 0 bridgehead atoms. The van der Waals surface area contributed by atoms with Crippen LogP contribution in [0.15, 0.2) is 0 Å². The lowest BCUT2D eigenvalue weighted by Crippen LogP contribution is -2.50. The minimum atomic E-state index is 0.296. The van der Waals surface area contributed by atoms with E-state index in [1.54, 1.807) is 0 Å². The Morgan fingerprint density at radius 1 is 1.13 bits per heavy atom. The van der Waals surface area contributed by atoms with Crippen LogP contribution in [0.3, 0.4) is 0 Å². The summed E-state index contributed by atoms with van der Waals surface area (Å²) in [5.41, 5.74) is 0. The Bertz CT molecular complexity index is 175. The lowest BCUT2D eigenvalue weighted by atomic mass is 10.2. The van der Waals surface area contributed by atoms with Crippen LogP contribution >= 0.6 is 0 Å². The third-order valence-electron chi connectivity index (χ3n) is 3.52. The van der Waals surface area contributed by atoms with Gasteiger partial charge in [0, 0.05) is 45.3 Å². The van der Waals surface area contributed by atoms with Crippen molar-refractivity contribution in [3.8, 4) is 0 Å². The summed E-state index contributed by atoms with van der Waals surface area (Å²) in [5, 5.41) is 12.4. The molecule has 0 aromatic heterocycles. The standard InChI is InChI=1S/C11H23N3O/c15-9-8-13-4-6-14(7-5-13)10-11-2-1-3-12-11/h11-12,15H,1-10H2. The molecule has 2 fully saturated rings. The van der Waals surface area contributed by atoms with Crippen LogP contribution in [0.1, 0.15) is 12.8 Å². The Morgan fingerprint density at radius 2 is 1.87 bits per heavy atom. The summed E-state index contributed by atoms with van der Waals surface area (Å²) in [4.78, 5) is 4.90. The monoisotopic (exact) mass is 213 g/mol. The van der Waals surface area contributed by atoms with Gasteiger partial charge in [-0.1, -0.05) is 0 Å². The van der Waals surface area contributed by atoms with Crippen molar-refractivity contribution in [2.75, 3.05) is 52.4 Å². The predicted molar refractivity (Wildman–Crippen MR) is 61.0 cm³/mol. The minimum Gasteiger partial charge on any atom is -0.395 e. The summed E-state index contributed by atoms with van der Waals surface area (Å²) < 4.78 is 0. The van der Waals surface area contributed by atoms with Crippen molar-refractivity contribution in [3.63, 3.8) is 0 Å². The normalized spacial score (nSPS) is 29.8. The van der Waals surface area contributed by atoms with Crippen LogP contribution in [0.25, 0.3) is 0 Å². The van der Waals surface area contributed by atoms with E-state index in [1.165, 1.54) is 25.9 Å². The van der Waals surface area contributed by atoms with Gasteiger partial charge in [0.15, 0.2) is 0 Å². The average molecular weight is 213 g/mol. The molecule has 0 radical (unpaired) electrons. The molecule has 2 rings (SSSR count). The number of nitrogens with zero attached hydrogens (tertiary/aromatic N) is 2. The maximum Gasteiger partial charge on any atom is 0.0558 e. The molecule has 0 saturated carbocycles. The molecular weight excluding hydrogens is 190 g/mol. The van der Waals surface area contributed by atoms with Crippen LogP contribution in [0.5, 0.6) is 0 Å². The highest BCUT2D eigenvalue weighted by Crippen LogP contribution is 2.09. The molecule has 0 amide bonds. The number of piperazine rings is 1. The Morgan fingerprint density at radius 3 is 2.47 bits per heavy atom.